The summed E-state index contributed by atoms with van der Waals surface area (Å²) in [4.78, 5) is 51.0. The second kappa shape index (κ2) is 11.5. The quantitative estimate of drug-likeness (QED) is 0.233. The fourth-order valence-electron chi connectivity index (χ4n) is 3.75. The van der Waals surface area contributed by atoms with Crippen LogP contribution in [0.25, 0.3) is 0 Å². The molecule has 0 aromatic carbocycles. The number of hydrogen-bond acceptors (Lipinski definition) is 8. The lowest BCUT2D eigenvalue weighted by Gasteiger charge is -2.12. The average Bonchev–Trinajstić information content (AvgIpc) is 3.25. The molecule has 1 unspecified atom stereocenters. The van der Waals surface area contributed by atoms with Crippen molar-refractivity contribution in [2.45, 2.75) is 44.9 Å². The fraction of sp³-hybridized carbons (Fsp3) is 0.700. The molecule has 1 heterocycles. The molecule has 1 saturated heterocycles. The van der Waals surface area contributed by atoms with Crippen molar-refractivity contribution in [2.24, 2.45) is 17.8 Å². The van der Waals surface area contributed by atoms with Gasteiger partial charge >= 0.3 is 12.1 Å². The highest BCUT2D eigenvalue weighted by atomic mass is 33.1. The number of amides is 3. The molecule has 8 nitrogen and oxygen atoms in total. The number of hydrogen-bond donors (Lipinski definition) is 1. The molecule has 2 aliphatic carbocycles. The van der Waals surface area contributed by atoms with Crippen molar-refractivity contribution in [3.8, 4) is 11.8 Å². The molecule has 30 heavy (non-hydrogen) atoms. The van der Waals surface area contributed by atoms with Gasteiger partial charge in [0, 0.05) is 43.7 Å². The number of rotatable bonds is 10. The Kier molecular flexibility index (Phi) is 8.75. The summed E-state index contributed by atoms with van der Waals surface area (Å²) in [6, 6.07) is 0. The van der Waals surface area contributed by atoms with Gasteiger partial charge in [-0.2, -0.15) is 0 Å². The molecule has 0 aromatic heterocycles. The summed E-state index contributed by atoms with van der Waals surface area (Å²) >= 11 is 0. The molecule has 1 N–H and O–H groups in total. The van der Waals surface area contributed by atoms with E-state index in [1.165, 1.54) is 21.6 Å². The van der Waals surface area contributed by atoms with Crippen LogP contribution in [0.1, 0.15) is 44.9 Å². The second-order valence-corrected chi connectivity index (χ2v) is 10.1. The van der Waals surface area contributed by atoms with Gasteiger partial charge in [0.25, 0.3) is 11.8 Å². The lowest BCUT2D eigenvalue weighted by atomic mass is 10.1. The van der Waals surface area contributed by atoms with Crippen LogP contribution in [0.5, 0.6) is 0 Å². The van der Waals surface area contributed by atoms with Gasteiger partial charge in [-0.05, 0) is 30.6 Å². The number of imide groups is 1. The molecule has 0 radical (unpaired) electrons. The second-order valence-electron chi connectivity index (χ2n) is 7.39. The Labute approximate surface area is 183 Å². The van der Waals surface area contributed by atoms with Crippen molar-refractivity contribution in [3.05, 3.63) is 0 Å². The van der Waals surface area contributed by atoms with E-state index in [1.54, 1.807) is 0 Å². The van der Waals surface area contributed by atoms with Gasteiger partial charge in [-0.3, -0.25) is 9.59 Å². The Morgan fingerprint density at radius 3 is 2.33 bits per heavy atom. The van der Waals surface area contributed by atoms with Crippen molar-refractivity contribution < 1.29 is 28.8 Å². The number of carbonyl (C=O) groups is 4. The van der Waals surface area contributed by atoms with Crippen molar-refractivity contribution in [1.82, 2.24) is 10.4 Å². The highest BCUT2D eigenvalue weighted by Gasteiger charge is 2.49. The normalized spacial score (nSPS) is 24.8. The van der Waals surface area contributed by atoms with E-state index in [2.05, 4.69) is 17.2 Å². The zero-order valence-corrected chi connectivity index (χ0v) is 18.4. The smallest absolute Gasteiger partial charge is 0.407 e. The van der Waals surface area contributed by atoms with Crippen molar-refractivity contribution >= 4 is 45.5 Å². The van der Waals surface area contributed by atoms with E-state index in [4.69, 9.17) is 9.57 Å². The molecule has 10 heteroatoms. The third kappa shape index (κ3) is 6.84. The first kappa shape index (κ1) is 22.8. The van der Waals surface area contributed by atoms with E-state index >= 15 is 0 Å². The lowest BCUT2D eigenvalue weighted by Crippen LogP contribution is -2.32. The zero-order valence-electron chi connectivity index (χ0n) is 16.7. The van der Waals surface area contributed by atoms with E-state index in [1.807, 2.05) is 0 Å². The average molecular weight is 455 g/mol. The van der Waals surface area contributed by atoms with Crippen molar-refractivity contribution in [3.63, 3.8) is 0 Å². The first-order valence-electron chi connectivity index (χ1n) is 10.2. The minimum atomic E-state index is -0.605. The first-order valence-corrected chi connectivity index (χ1v) is 12.7. The molecule has 2 fully saturated rings. The molecular formula is C20H26N2O6S2. The SMILES string of the molecule is O=C(CCSSCCNC(=O)OCC1[C@H]2CCC#CCC[C@@H]12)ON1C(=O)CCC1=O. The van der Waals surface area contributed by atoms with Crippen molar-refractivity contribution in [1.29, 1.82) is 0 Å². The molecule has 3 rings (SSSR count). The Morgan fingerprint density at radius 1 is 1.03 bits per heavy atom. The predicted octanol–water partition coefficient (Wildman–Crippen LogP) is 2.53. The van der Waals surface area contributed by atoms with E-state index in [9.17, 15) is 19.2 Å². The Bertz CT molecular complexity index is 701. The number of nitrogens with zero attached hydrogens (tertiary/aromatic N) is 1. The molecule has 0 bridgehead atoms. The van der Waals surface area contributed by atoms with Gasteiger partial charge in [0.2, 0.25) is 0 Å². The molecule has 1 aliphatic heterocycles. The summed E-state index contributed by atoms with van der Waals surface area (Å²) in [6.07, 6.45) is 4.00. The first-order chi connectivity index (χ1) is 14.6. The molecular weight excluding hydrogens is 428 g/mol. The van der Waals surface area contributed by atoms with Crippen LogP contribution in [-0.2, 0) is 24.0 Å². The van der Waals surface area contributed by atoms with Crippen LogP contribution >= 0.6 is 21.6 Å². The monoisotopic (exact) mass is 454 g/mol. The van der Waals surface area contributed by atoms with Crippen molar-refractivity contribution in [2.75, 3.05) is 24.7 Å². The number of ether oxygens (including phenoxy) is 1. The maximum absolute atomic E-state index is 11.8. The number of alkyl carbamates (subject to hydrolysis) is 1. The maximum Gasteiger partial charge on any atom is 0.407 e. The summed E-state index contributed by atoms with van der Waals surface area (Å²) < 4.78 is 5.35. The van der Waals surface area contributed by atoms with E-state index in [0.29, 0.717) is 47.5 Å². The van der Waals surface area contributed by atoms with E-state index in [0.717, 1.165) is 25.7 Å². The number of hydroxylamine groups is 2. The largest absolute Gasteiger partial charge is 0.449 e. The van der Waals surface area contributed by atoms with Crippen LogP contribution in [0, 0.1) is 29.6 Å². The number of carbonyl (C=O) groups excluding carboxylic acids is 4. The molecule has 1 saturated carbocycles. The lowest BCUT2D eigenvalue weighted by molar-refractivity contribution is -0.197. The van der Waals surface area contributed by atoms with Crippen LogP contribution < -0.4 is 5.32 Å². The molecule has 0 spiro atoms. The highest BCUT2D eigenvalue weighted by Crippen LogP contribution is 2.52. The summed E-state index contributed by atoms with van der Waals surface area (Å²) in [5.41, 5.74) is 0. The van der Waals surface area contributed by atoms with Crippen LogP contribution in [0.3, 0.4) is 0 Å². The van der Waals surface area contributed by atoms with Gasteiger partial charge in [-0.15, -0.1) is 16.9 Å². The van der Waals surface area contributed by atoms with Gasteiger partial charge in [0.1, 0.15) is 0 Å². The van der Waals surface area contributed by atoms with Crippen LogP contribution in [0.4, 0.5) is 4.79 Å². The van der Waals surface area contributed by atoms with Gasteiger partial charge in [-0.1, -0.05) is 21.6 Å². The molecule has 3 atom stereocenters. The summed E-state index contributed by atoms with van der Waals surface area (Å²) in [5.74, 6) is 7.74. The predicted molar refractivity (Wildman–Crippen MR) is 113 cm³/mol. The standard InChI is InChI=1S/C20H26N2O6S2/c23-17-7-8-18(24)22(17)28-19(25)9-11-29-30-12-10-21-20(26)27-13-16-14-5-3-1-2-4-6-15(14)16/h14-16H,3-13H2,(H,21,26)/t14-,15+,16?. The zero-order chi connectivity index (χ0) is 21.3. The third-order valence-electron chi connectivity index (χ3n) is 5.37. The van der Waals surface area contributed by atoms with E-state index < -0.39 is 17.8 Å². The van der Waals surface area contributed by atoms with Crippen LogP contribution in [-0.4, -0.2) is 53.6 Å². The van der Waals surface area contributed by atoms with Crippen LogP contribution in [0.15, 0.2) is 0 Å². The van der Waals surface area contributed by atoms with E-state index in [-0.39, 0.29) is 25.4 Å². The maximum atomic E-state index is 11.8. The Morgan fingerprint density at radius 2 is 1.67 bits per heavy atom. The Balaban J connectivity index is 1.15. The minimum absolute atomic E-state index is 0.0862. The third-order valence-corrected chi connectivity index (χ3v) is 7.78. The van der Waals surface area contributed by atoms with Crippen LogP contribution in [0.2, 0.25) is 0 Å². The van der Waals surface area contributed by atoms with Gasteiger partial charge in [0.15, 0.2) is 0 Å². The Hall–Kier alpha value is -1.86. The molecule has 3 amide bonds. The molecule has 3 aliphatic rings. The minimum Gasteiger partial charge on any atom is -0.449 e. The summed E-state index contributed by atoms with van der Waals surface area (Å²) in [6.45, 7) is 0.955. The van der Waals surface area contributed by atoms with Gasteiger partial charge in [0.05, 0.1) is 13.0 Å². The van der Waals surface area contributed by atoms with Gasteiger partial charge in [-0.25, -0.2) is 9.59 Å². The fourth-order valence-corrected chi connectivity index (χ4v) is 5.63. The highest BCUT2D eigenvalue weighted by molar-refractivity contribution is 8.76. The molecule has 0 aromatic rings. The topological polar surface area (TPSA) is 102 Å². The summed E-state index contributed by atoms with van der Waals surface area (Å²) in [7, 11) is 2.98. The van der Waals surface area contributed by atoms with Gasteiger partial charge < -0.3 is 14.9 Å². The molecule has 164 valence electrons. The number of nitrogens with one attached hydrogen (secondary N) is 1. The summed E-state index contributed by atoms with van der Waals surface area (Å²) in [5, 5.41) is 3.29. The number of fused-ring (bicyclic) bond motifs is 1.